The number of thiophene rings is 1. The van der Waals surface area contributed by atoms with Crippen LogP contribution in [0.4, 0.5) is 11.4 Å². The molecule has 1 aromatic heterocycles. The topological polar surface area (TPSA) is 212 Å². The Morgan fingerprint density at radius 1 is 1.10 bits per heavy atom. The van der Waals surface area contributed by atoms with Crippen LogP contribution in [0.15, 0.2) is 56.5 Å². The number of hydrogen-bond donors (Lipinski definition) is 7. The first-order chi connectivity index (χ1) is 18.8. The number of guanidine groups is 1. The van der Waals surface area contributed by atoms with E-state index in [9.17, 15) is 18.0 Å². The number of carboxylic acid groups (broad SMARTS) is 1. The van der Waals surface area contributed by atoms with Crippen molar-refractivity contribution in [1.82, 2.24) is 0 Å². The van der Waals surface area contributed by atoms with Gasteiger partial charge in [-0.25, -0.2) is 8.42 Å². The van der Waals surface area contributed by atoms with Crippen LogP contribution in [-0.2, 0) is 19.4 Å². The third-order valence-electron chi connectivity index (χ3n) is 5.42. The number of anilines is 2. The van der Waals surface area contributed by atoms with Crippen LogP contribution in [-0.4, -0.2) is 55.0 Å². The fraction of sp³-hybridized carbons (Fsp3) is 0.200. The van der Waals surface area contributed by atoms with Gasteiger partial charge < -0.3 is 27.2 Å². The van der Waals surface area contributed by atoms with Gasteiger partial charge in [-0.2, -0.15) is 11.8 Å². The molecule has 0 radical (unpaired) electrons. The van der Waals surface area contributed by atoms with Crippen molar-refractivity contribution in [3.8, 4) is 11.1 Å². The van der Waals surface area contributed by atoms with E-state index in [-0.39, 0.29) is 45.4 Å². The molecule has 0 aliphatic carbocycles. The first-order valence-electron chi connectivity index (χ1n) is 11.6. The van der Waals surface area contributed by atoms with Crippen molar-refractivity contribution in [3.63, 3.8) is 0 Å². The molecule has 3 aromatic rings. The molecule has 1 amide bonds. The Hall–Kier alpha value is -3.53. The molecule has 0 aliphatic rings. The van der Waals surface area contributed by atoms with Crippen LogP contribution in [0.3, 0.4) is 0 Å². The van der Waals surface area contributed by atoms with Crippen LogP contribution in [0.25, 0.3) is 11.1 Å². The van der Waals surface area contributed by atoms with Gasteiger partial charge in [0.05, 0.1) is 36.7 Å². The minimum Gasteiger partial charge on any atom is -0.481 e. The van der Waals surface area contributed by atoms with Gasteiger partial charge in [0.1, 0.15) is 5.84 Å². The van der Waals surface area contributed by atoms with Crippen molar-refractivity contribution in [2.75, 3.05) is 28.4 Å². The van der Waals surface area contributed by atoms with Gasteiger partial charge in [-0.3, -0.25) is 20.4 Å². The molecule has 212 valence electrons. The lowest BCUT2D eigenvalue weighted by Crippen LogP contribution is -2.21. The number of nitrogens with two attached hydrogens (primary N) is 2. The summed E-state index contributed by atoms with van der Waals surface area (Å²) in [5, 5.41) is 29.6. The fourth-order valence-electron chi connectivity index (χ4n) is 3.77. The second-order valence-electron chi connectivity index (χ2n) is 8.41. The summed E-state index contributed by atoms with van der Waals surface area (Å²) in [4.78, 5) is 23.9. The van der Waals surface area contributed by atoms with E-state index in [1.165, 1.54) is 41.7 Å². The Morgan fingerprint density at radius 3 is 2.45 bits per heavy atom. The summed E-state index contributed by atoms with van der Waals surface area (Å²) < 4.78 is 27.9. The number of carboxylic acids is 1. The molecule has 15 heteroatoms. The van der Waals surface area contributed by atoms with E-state index in [4.69, 9.17) is 27.4 Å². The second kappa shape index (κ2) is 13.2. The van der Waals surface area contributed by atoms with Gasteiger partial charge in [0.25, 0.3) is 0 Å². The molecule has 0 spiro atoms. The second-order valence-corrected chi connectivity index (χ2v) is 13.6. The molecular formula is C25H28N6O5S4. The molecule has 1 heterocycles. The van der Waals surface area contributed by atoms with Gasteiger partial charge >= 0.3 is 5.97 Å². The molecule has 40 heavy (non-hydrogen) atoms. The Kier molecular flexibility index (Phi) is 10.2. The molecule has 0 bridgehead atoms. The van der Waals surface area contributed by atoms with E-state index in [0.717, 1.165) is 11.3 Å². The molecule has 3 rings (SSSR count). The lowest BCUT2D eigenvalue weighted by atomic mass is 9.97. The zero-order valence-corrected chi connectivity index (χ0v) is 24.8. The summed E-state index contributed by atoms with van der Waals surface area (Å²) in [6.45, 7) is 1.78. The smallest absolute Gasteiger partial charge is 0.304 e. The number of aliphatic carboxylic acids is 1. The van der Waals surface area contributed by atoms with Crippen LogP contribution >= 0.6 is 34.9 Å². The number of amides is 1. The number of carbonyl (C=O) groups is 2. The Labute approximate surface area is 244 Å². The number of carbonyl (C=O) groups excluding carboxylic acids is 1. The quantitative estimate of drug-likeness (QED) is 0.0668. The number of benzene rings is 2. The third kappa shape index (κ3) is 7.56. The van der Waals surface area contributed by atoms with Crippen molar-refractivity contribution >= 4 is 79.7 Å². The minimum atomic E-state index is -3.98. The normalized spacial score (nSPS) is 11.2. The molecule has 0 atom stereocenters. The molecule has 11 nitrogen and oxygen atoms in total. The molecule has 9 N–H and O–H groups in total. The highest BCUT2D eigenvalue weighted by molar-refractivity contribution is 8.01. The zero-order valence-electron chi connectivity index (χ0n) is 21.5. The lowest BCUT2D eigenvalue weighted by Gasteiger charge is -2.18. The van der Waals surface area contributed by atoms with E-state index in [2.05, 4.69) is 10.6 Å². The Morgan fingerprint density at radius 2 is 1.82 bits per heavy atom. The summed E-state index contributed by atoms with van der Waals surface area (Å²) in [6.07, 6.45) is 1.68. The number of nitrogen functional groups attached to an aromatic ring is 1. The monoisotopic (exact) mass is 620 g/mol. The largest absolute Gasteiger partial charge is 0.481 e. The number of aryl methyl sites for hydroxylation is 1. The molecule has 2 aromatic carbocycles. The van der Waals surface area contributed by atoms with Crippen LogP contribution in [0.5, 0.6) is 0 Å². The number of amidine groups is 1. The van der Waals surface area contributed by atoms with E-state index < -0.39 is 15.8 Å². The highest BCUT2D eigenvalue weighted by Crippen LogP contribution is 2.39. The maximum Gasteiger partial charge on any atom is 0.304 e. The van der Waals surface area contributed by atoms with Gasteiger partial charge in [-0.05, 0) is 54.6 Å². The average molecular weight is 621 g/mol. The van der Waals surface area contributed by atoms with Crippen LogP contribution in [0.2, 0.25) is 0 Å². The lowest BCUT2D eigenvalue weighted by molar-refractivity contribution is -0.136. The van der Waals surface area contributed by atoms with E-state index in [0.29, 0.717) is 37.2 Å². The molecule has 0 saturated heterocycles. The summed E-state index contributed by atoms with van der Waals surface area (Å²) in [5.41, 5.74) is 13.7. The Bertz CT molecular complexity index is 1590. The maximum absolute atomic E-state index is 13.7. The fourth-order valence-corrected chi connectivity index (χ4v) is 8.40. The van der Waals surface area contributed by atoms with Crippen LogP contribution < -0.4 is 22.1 Å². The minimum absolute atomic E-state index is 0.0126. The predicted molar refractivity (Wildman–Crippen MR) is 163 cm³/mol. The van der Waals surface area contributed by atoms with Gasteiger partial charge in [0.2, 0.25) is 15.7 Å². The van der Waals surface area contributed by atoms with Crippen molar-refractivity contribution in [2.24, 2.45) is 11.5 Å². The van der Waals surface area contributed by atoms with Crippen molar-refractivity contribution in [2.45, 2.75) is 27.3 Å². The zero-order chi connectivity index (χ0) is 29.6. The number of hydrogen-bond acceptors (Lipinski definition) is 9. The highest BCUT2D eigenvalue weighted by atomic mass is 32.2. The number of thioether (sulfide) groups is 2. The van der Waals surface area contributed by atoms with Crippen LogP contribution in [0.1, 0.15) is 16.9 Å². The number of rotatable bonds is 12. The van der Waals surface area contributed by atoms with Gasteiger partial charge in [0.15, 0.2) is 5.96 Å². The number of sulfone groups is 1. The molecule has 0 aliphatic heterocycles. The Balaban J connectivity index is 2.05. The molecular weight excluding hydrogens is 593 g/mol. The van der Waals surface area contributed by atoms with E-state index in [1.54, 1.807) is 37.4 Å². The van der Waals surface area contributed by atoms with E-state index >= 15 is 0 Å². The van der Waals surface area contributed by atoms with Gasteiger partial charge in [-0.1, -0.05) is 12.1 Å². The third-order valence-corrected chi connectivity index (χ3v) is 10.7. The van der Waals surface area contributed by atoms with Crippen molar-refractivity contribution in [1.29, 1.82) is 10.8 Å². The van der Waals surface area contributed by atoms with Gasteiger partial charge in [-0.15, -0.1) is 23.1 Å². The number of nitrogens with one attached hydrogen (secondary N) is 4. The van der Waals surface area contributed by atoms with Crippen molar-refractivity contribution < 1.29 is 23.1 Å². The molecule has 0 saturated carbocycles. The van der Waals surface area contributed by atoms with Crippen molar-refractivity contribution in [3.05, 3.63) is 52.9 Å². The predicted octanol–water partition coefficient (Wildman–Crippen LogP) is 4.01. The maximum atomic E-state index is 13.7. The molecule has 0 fully saturated rings. The summed E-state index contributed by atoms with van der Waals surface area (Å²) in [5.74, 6) is -1.56. The van der Waals surface area contributed by atoms with Crippen LogP contribution in [0, 0.1) is 17.7 Å². The first-order valence-corrected chi connectivity index (χ1v) is 16.2. The highest BCUT2D eigenvalue weighted by Gasteiger charge is 2.26. The molecule has 0 unspecified atom stereocenters. The summed E-state index contributed by atoms with van der Waals surface area (Å²) >= 11 is 3.56. The van der Waals surface area contributed by atoms with E-state index in [1.807, 2.05) is 0 Å². The standard InChI is InChI=1S/C25H28N6O5S4/c1-13-8-15(30-25(28)29)10-17(31-20(32)12-38-7-6-21(33)34)22(13)14-4-3-5-16(9-14)40(35,36)19-11-18(23(26)27)39-24(19)37-2/h3-5,8-11H,6-7,12H2,1-2H3,(H3,26,27)(H,31,32)(H,33,34)(H4,28,29,30). The summed E-state index contributed by atoms with van der Waals surface area (Å²) in [6, 6.07) is 11.0. The first kappa shape index (κ1) is 31.0. The average Bonchev–Trinajstić information content (AvgIpc) is 3.32. The summed E-state index contributed by atoms with van der Waals surface area (Å²) in [7, 11) is -3.98. The SMILES string of the molecule is CSc1sc(C(=N)N)cc1S(=O)(=O)c1cccc(-c2c(C)cc(NC(=N)N)cc2NC(=O)CSCCC(=O)O)c1. The van der Waals surface area contributed by atoms with Gasteiger partial charge in [0, 0.05) is 17.0 Å².